The Balaban J connectivity index is 1.26. The summed E-state index contributed by atoms with van der Waals surface area (Å²) in [5.74, 6) is 0.115. The van der Waals surface area contributed by atoms with Crippen molar-refractivity contribution in [2.75, 3.05) is 10.0 Å². The molecule has 0 aliphatic heterocycles. The number of amides is 1. The second kappa shape index (κ2) is 8.40. The number of pyridine rings is 2. The van der Waals surface area contributed by atoms with E-state index in [1.165, 1.54) is 17.5 Å². The molecule has 3 heterocycles. The summed E-state index contributed by atoms with van der Waals surface area (Å²) in [7, 11) is -3.73. The average Bonchev–Trinajstić information content (AvgIpc) is 3.54. The molecule has 1 aliphatic carbocycles. The number of aryl methyl sites for hydroxylation is 1. The van der Waals surface area contributed by atoms with Crippen molar-refractivity contribution in [1.29, 1.82) is 0 Å². The minimum atomic E-state index is -3.73. The lowest BCUT2D eigenvalue weighted by atomic mass is 10.1. The number of aromatic nitrogens is 2. The van der Waals surface area contributed by atoms with Gasteiger partial charge in [0.15, 0.2) is 0 Å². The molecule has 3 aromatic heterocycles. The molecule has 2 N–H and O–H groups in total. The fraction of sp³-hybridized carbons (Fsp3) is 0.174. The van der Waals surface area contributed by atoms with Gasteiger partial charge in [0.25, 0.3) is 10.0 Å². The highest BCUT2D eigenvalue weighted by molar-refractivity contribution is 7.92. The van der Waals surface area contributed by atoms with E-state index in [0.717, 1.165) is 32.6 Å². The van der Waals surface area contributed by atoms with Crippen molar-refractivity contribution in [3.05, 3.63) is 77.2 Å². The number of hydrogen-bond donors (Lipinski definition) is 2. The fourth-order valence-corrected chi connectivity index (χ4v) is 6.32. The maximum Gasteiger partial charge on any atom is 0.263 e. The second-order valence-electron chi connectivity index (χ2n) is 7.88. The van der Waals surface area contributed by atoms with Gasteiger partial charge in [-0.1, -0.05) is 29.8 Å². The monoisotopic (exact) mass is 498 g/mol. The van der Waals surface area contributed by atoms with Gasteiger partial charge in [0, 0.05) is 29.9 Å². The molecule has 1 aromatic carbocycles. The van der Waals surface area contributed by atoms with Crippen molar-refractivity contribution in [1.82, 2.24) is 9.97 Å². The van der Waals surface area contributed by atoms with Crippen molar-refractivity contribution in [2.24, 2.45) is 5.92 Å². The standard InChI is InChI=1S/C23H19ClN4O3S2/c1-13-21-18(24)11-25-12-19(21)32-23(13)27-22(29)17-10-16(17)14-5-7-15(8-6-14)33(30,31)28-20-4-2-3-9-26-20/h2-9,11-12,16-17H,10H2,1H3,(H,26,28)(H,27,29)/t16?,17-/m1/s1. The summed E-state index contributed by atoms with van der Waals surface area (Å²) in [6.45, 7) is 1.93. The van der Waals surface area contributed by atoms with E-state index in [1.54, 1.807) is 54.9 Å². The maximum absolute atomic E-state index is 12.8. The quantitative estimate of drug-likeness (QED) is 0.380. The Kier molecular flexibility index (Phi) is 5.55. The first-order valence-electron chi connectivity index (χ1n) is 10.2. The molecule has 5 rings (SSSR count). The van der Waals surface area contributed by atoms with Crippen LogP contribution in [0.1, 0.15) is 23.5 Å². The topological polar surface area (TPSA) is 101 Å². The molecule has 1 fully saturated rings. The summed E-state index contributed by atoms with van der Waals surface area (Å²) >= 11 is 7.72. The van der Waals surface area contributed by atoms with Crippen LogP contribution in [-0.2, 0) is 14.8 Å². The summed E-state index contributed by atoms with van der Waals surface area (Å²) in [5, 5.41) is 5.29. The van der Waals surface area contributed by atoms with Crippen LogP contribution in [0.3, 0.4) is 0 Å². The number of sulfonamides is 1. The SMILES string of the molecule is Cc1c(NC(=O)[C@@H]2CC2c2ccc(S(=O)(=O)Nc3ccccn3)cc2)sc2cncc(Cl)c12. The molecular weight excluding hydrogens is 480 g/mol. The Labute approximate surface area is 199 Å². The molecule has 7 nitrogen and oxygen atoms in total. The van der Waals surface area contributed by atoms with E-state index in [9.17, 15) is 13.2 Å². The van der Waals surface area contributed by atoms with Gasteiger partial charge in [-0.15, -0.1) is 11.3 Å². The Hall–Kier alpha value is -3.01. The Bertz CT molecular complexity index is 1450. The van der Waals surface area contributed by atoms with E-state index >= 15 is 0 Å². The highest BCUT2D eigenvalue weighted by Crippen LogP contribution is 2.49. The van der Waals surface area contributed by atoms with Crippen molar-refractivity contribution >= 4 is 59.8 Å². The summed E-state index contributed by atoms with van der Waals surface area (Å²) in [6, 6.07) is 11.6. The molecule has 168 valence electrons. The summed E-state index contributed by atoms with van der Waals surface area (Å²) in [6.07, 6.45) is 5.58. The van der Waals surface area contributed by atoms with E-state index < -0.39 is 10.0 Å². The van der Waals surface area contributed by atoms with Gasteiger partial charge >= 0.3 is 0 Å². The lowest BCUT2D eigenvalue weighted by Gasteiger charge is -2.08. The number of halogens is 1. The zero-order valence-electron chi connectivity index (χ0n) is 17.4. The first kappa shape index (κ1) is 21.8. The lowest BCUT2D eigenvalue weighted by molar-refractivity contribution is -0.117. The molecule has 33 heavy (non-hydrogen) atoms. The number of carbonyl (C=O) groups is 1. The number of anilines is 2. The molecule has 1 saturated carbocycles. The van der Waals surface area contributed by atoms with Gasteiger partial charge < -0.3 is 5.32 Å². The molecule has 0 radical (unpaired) electrons. The van der Waals surface area contributed by atoms with E-state index in [2.05, 4.69) is 20.0 Å². The van der Waals surface area contributed by atoms with Crippen LogP contribution in [0, 0.1) is 12.8 Å². The van der Waals surface area contributed by atoms with Crippen LogP contribution in [0.4, 0.5) is 10.8 Å². The summed E-state index contributed by atoms with van der Waals surface area (Å²) in [5.41, 5.74) is 1.87. The van der Waals surface area contributed by atoms with Crippen molar-refractivity contribution < 1.29 is 13.2 Å². The van der Waals surface area contributed by atoms with Crippen LogP contribution in [0.25, 0.3) is 10.1 Å². The Morgan fingerprint density at radius 1 is 1.15 bits per heavy atom. The van der Waals surface area contributed by atoms with Crippen LogP contribution in [0.2, 0.25) is 5.02 Å². The molecule has 1 aliphatic rings. The van der Waals surface area contributed by atoms with Gasteiger partial charge in [0.1, 0.15) is 5.82 Å². The molecule has 0 saturated heterocycles. The first-order chi connectivity index (χ1) is 15.8. The van der Waals surface area contributed by atoms with Crippen molar-refractivity contribution in [2.45, 2.75) is 24.2 Å². The number of hydrogen-bond acceptors (Lipinski definition) is 6. The number of fused-ring (bicyclic) bond motifs is 1. The van der Waals surface area contributed by atoms with Crippen LogP contribution >= 0.6 is 22.9 Å². The zero-order chi connectivity index (χ0) is 23.2. The summed E-state index contributed by atoms with van der Waals surface area (Å²) < 4.78 is 28.5. The molecule has 0 spiro atoms. The normalized spacial score (nSPS) is 17.6. The minimum Gasteiger partial charge on any atom is -0.317 e. The van der Waals surface area contributed by atoms with Gasteiger partial charge in [0.05, 0.1) is 19.6 Å². The lowest BCUT2D eigenvalue weighted by Crippen LogP contribution is -2.14. The molecule has 0 bridgehead atoms. The molecule has 4 aromatic rings. The average molecular weight is 499 g/mol. The molecule has 1 amide bonds. The fourth-order valence-electron chi connectivity index (χ4n) is 3.85. The predicted molar refractivity (Wildman–Crippen MR) is 130 cm³/mol. The van der Waals surface area contributed by atoms with Crippen LogP contribution in [0.15, 0.2) is 66.0 Å². The molecular formula is C23H19ClN4O3S2. The van der Waals surface area contributed by atoms with E-state index in [0.29, 0.717) is 5.02 Å². The number of carbonyl (C=O) groups excluding carboxylic acids is 1. The maximum atomic E-state index is 12.8. The summed E-state index contributed by atoms with van der Waals surface area (Å²) in [4.78, 5) is 21.1. The van der Waals surface area contributed by atoms with Crippen molar-refractivity contribution in [3.63, 3.8) is 0 Å². The van der Waals surface area contributed by atoms with Crippen LogP contribution in [0.5, 0.6) is 0 Å². The largest absolute Gasteiger partial charge is 0.317 e. The Morgan fingerprint density at radius 2 is 1.94 bits per heavy atom. The molecule has 10 heteroatoms. The van der Waals surface area contributed by atoms with Crippen LogP contribution in [-0.4, -0.2) is 24.3 Å². The number of nitrogens with zero attached hydrogens (tertiary/aromatic N) is 2. The van der Waals surface area contributed by atoms with E-state index in [-0.39, 0.29) is 28.5 Å². The third kappa shape index (κ3) is 4.31. The second-order valence-corrected chi connectivity index (χ2v) is 11.0. The van der Waals surface area contributed by atoms with Gasteiger partial charge in [-0.3, -0.25) is 14.5 Å². The number of rotatable bonds is 6. The minimum absolute atomic E-state index is 0.0488. The van der Waals surface area contributed by atoms with E-state index in [4.69, 9.17) is 11.6 Å². The molecule has 2 atom stereocenters. The highest BCUT2D eigenvalue weighted by Gasteiger charge is 2.44. The first-order valence-corrected chi connectivity index (χ1v) is 12.9. The van der Waals surface area contributed by atoms with Crippen molar-refractivity contribution in [3.8, 4) is 0 Å². The number of nitrogens with one attached hydrogen (secondary N) is 2. The smallest absolute Gasteiger partial charge is 0.263 e. The molecule has 1 unspecified atom stereocenters. The third-order valence-electron chi connectivity index (χ3n) is 5.68. The van der Waals surface area contributed by atoms with Gasteiger partial charge in [-0.05, 0) is 54.7 Å². The van der Waals surface area contributed by atoms with Gasteiger partial charge in [-0.2, -0.15) is 0 Å². The Morgan fingerprint density at radius 3 is 2.64 bits per heavy atom. The highest BCUT2D eigenvalue weighted by atomic mass is 35.5. The number of thiophene rings is 1. The number of benzene rings is 1. The van der Waals surface area contributed by atoms with Gasteiger partial charge in [-0.25, -0.2) is 13.4 Å². The zero-order valence-corrected chi connectivity index (χ0v) is 19.8. The van der Waals surface area contributed by atoms with Crippen LogP contribution < -0.4 is 10.0 Å². The van der Waals surface area contributed by atoms with E-state index in [1.807, 2.05) is 6.92 Å². The van der Waals surface area contributed by atoms with Gasteiger partial charge in [0.2, 0.25) is 5.91 Å². The third-order valence-corrected chi connectivity index (χ3v) is 8.48. The predicted octanol–water partition coefficient (Wildman–Crippen LogP) is 5.20.